The lowest BCUT2D eigenvalue weighted by molar-refractivity contribution is 0.407. The van der Waals surface area contributed by atoms with Crippen molar-refractivity contribution in [3.8, 4) is 0 Å². The average Bonchev–Trinajstić information content (AvgIpc) is 2.78. The van der Waals surface area contributed by atoms with Crippen molar-refractivity contribution >= 4 is 11.6 Å². The SMILES string of the molecule is CC(C)c1nnc(Cl)n1Cc1ncon1. The second-order valence-electron chi connectivity index (χ2n) is 3.42. The van der Waals surface area contributed by atoms with Crippen LogP contribution in [0.1, 0.15) is 31.4 Å². The van der Waals surface area contributed by atoms with Crippen LogP contribution in [0.4, 0.5) is 0 Å². The van der Waals surface area contributed by atoms with Gasteiger partial charge in [-0.3, -0.25) is 4.57 Å². The number of nitrogens with zero attached hydrogens (tertiary/aromatic N) is 5. The third-order valence-corrected chi connectivity index (χ3v) is 2.24. The van der Waals surface area contributed by atoms with Gasteiger partial charge in [0.05, 0.1) is 6.54 Å². The van der Waals surface area contributed by atoms with Gasteiger partial charge in [0.25, 0.3) is 0 Å². The van der Waals surface area contributed by atoms with Gasteiger partial charge in [-0.05, 0) is 11.6 Å². The molecule has 0 unspecified atom stereocenters. The number of rotatable bonds is 3. The number of halogens is 1. The zero-order valence-corrected chi connectivity index (χ0v) is 9.14. The van der Waals surface area contributed by atoms with Crippen LogP contribution < -0.4 is 0 Å². The Morgan fingerprint density at radius 3 is 2.87 bits per heavy atom. The summed E-state index contributed by atoms with van der Waals surface area (Å²) in [7, 11) is 0. The zero-order valence-electron chi connectivity index (χ0n) is 8.38. The molecule has 0 aromatic carbocycles. The highest BCUT2D eigenvalue weighted by Crippen LogP contribution is 2.17. The van der Waals surface area contributed by atoms with Crippen LogP contribution in [0.25, 0.3) is 0 Å². The van der Waals surface area contributed by atoms with E-state index in [0.29, 0.717) is 17.7 Å². The van der Waals surface area contributed by atoms with Gasteiger partial charge in [-0.1, -0.05) is 19.0 Å². The molecule has 0 amide bonds. The highest BCUT2D eigenvalue weighted by atomic mass is 35.5. The van der Waals surface area contributed by atoms with E-state index in [2.05, 4.69) is 24.9 Å². The molecule has 0 aliphatic rings. The maximum Gasteiger partial charge on any atom is 0.225 e. The Kier molecular flexibility index (Phi) is 2.68. The Balaban J connectivity index is 2.31. The molecular weight excluding hydrogens is 218 g/mol. The largest absolute Gasteiger partial charge is 0.343 e. The first-order valence-corrected chi connectivity index (χ1v) is 4.90. The summed E-state index contributed by atoms with van der Waals surface area (Å²) < 4.78 is 6.41. The van der Waals surface area contributed by atoms with E-state index in [1.165, 1.54) is 6.39 Å². The quantitative estimate of drug-likeness (QED) is 0.795. The monoisotopic (exact) mass is 227 g/mol. The van der Waals surface area contributed by atoms with Gasteiger partial charge in [0, 0.05) is 5.92 Å². The Morgan fingerprint density at radius 2 is 2.27 bits per heavy atom. The van der Waals surface area contributed by atoms with E-state index in [0.717, 1.165) is 5.82 Å². The normalized spacial score (nSPS) is 11.2. The first-order valence-electron chi connectivity index (χ1n) is 4.52. The molecular formula is C8H10ClN5O. The van der Waals surface area contributed by atoms with E-state index >= 15 is 0 Å². The molecule has 0 atom stereocenters. The maximum atomic E-state index is 5.91. The maximum absolute atomic E-state index is 5.91. The van der Waals surface area contributed by atoms with Crippen molar-refractivity contribution in [2.75, 3.05) is 0 Å². The van der Waals surface area contributed by atoms with Crippen LogP contribution in [0, 0.1) is 0 Å². The molecule has 0 saturated carbocycles. The topological polar surface area (TPSA) is 69.6 Å². The average molecular weight is 228 g/mol. The molecule has 0 N–H and O–H groups in total. The zero-order chi connectivity index (χ0) is 10.8. The molecule has 0 saturated heterocycles. The summed E-state index contributed by atoms with van der Waals surface area (Å²) in [6, 6.07) is 0. The van der Waals surface area contributed by atoms with Crippen LogP contribution in [-0.2, 0) is 6.54 Å². The smallest absolute Gasteiger partial charge is 0.225 e. The third kappa shape index (κ3) is 1.99. The number of hydrogen-bond donors (Lipinski definition) is 0. The fraction of sp³-hybridized carbons (Fsp3) is 0.500. The highest BCUT2D eigenvalue weighted by Gasteiger charge is 2.14. The molecule has 2 aromatic rings. The summed E-state index contributed by atoms with van der Waals surface area (Å²) in [4.78, 5) is 3.92. The molecule has 0 aliphatic carbocycles. The van der Waals surface area contributed by atoms with E-state index in [1.54, 1.807) is 4.57 Å². The summed E-state index contributed by atoms with van der Waals surface area (Å²) in [5.74, 6) is 1.61. The molecule has 0 aliphatic heterocycles. The highest BCUT2D eigenvalue weighted by molar-refractivity contribution is 6.28. The summed E-state index contributed by atoms with van der Waals surface area (Å²) in [6.45, 7) is 4.47. The Morgan fingerprint density at radius 1 is 1.47 bits per heavy atom. The van der Waals surface area contributed by atoms with Gasteiger partial charge >= 0.3 is 0 Å². The summed E-state index contributed by atoms with van der Waals surface area (Å²) in [6.07, 6.45) is 1.28. The molecule has 0 fully saturated rings. The van der Waals surface area contributed by atoms with E-state index in [4.69, 9.17) is 11.6 Å². The summed E-state index contributed by atoms with van der Waals surface area (Å²) in [5, 5.41) is 11.8. The summed E-state index contributed by atoms with van der Waals surface area (Å²) in [5.41, 5.74) is 0. The van der Waals surface area contributed by atoms with Gasteiger partial charge in [-0.2, -0.15) is 4.98 Å². The van der Waals surface area contributed by atoms with Gasteiger partial charge in [0.2, 0.25) is 11.7 Å². The van der Waals surface area contributed by atoms with Gasteiger partial charge in [0.15, 0.2) is 5.82 Å². The van der Waals surface area contributed by atoms with Crippen molar-refractivity contribution in [3.05, 3.63) is 23.3 Å². The van der Waals surface area contributed by atoms with Gasteiger partial charge in [-0.15, -0.1) is 10.2 Å². The Bertz CT molecular complexity index is 436. The van der Waals surface area contributed by atoms with Gasteiger partial charge in [-0.25, -0.2) is 0 Å². The van der Waals surface area contributed by atoms with Crippen molar-refractivity contribution in [1.82, 2.24) is 24.9 Å². The van der Waals surface area contributed by atoms with Crippen LogP contribution in [0.2, 0.25) is 5.28 Å². The predicted molar refractivity (Wildman–Crippen MR) is 52.5 cm³/mol. The molecule has 7 heteroatoms. The lowest BCUT2D eigenvalue weighted by Gasteiger charge is -2.06. The first-order chi connectivity index (χ1) is 7.18. The van der Waals surface area contributed by atoms with Crippen molar-refractivity contribution in [2.24, 2.45) is 0 Å². The van der Waals surface area contributed by atoms with Crippen molar-refractivity contribution in [2.45, 2.75) is 26.3 Å². The lowest BCUT2D eigenvalue weighted by atomic mass is 10.2. The minimum absolute atomic E-state index is 0.247. The molecule has 6 nitrogen and oxygen atoms in total. The van der Waals surface area contributed by atoms with Gasteiger partial charge < -0.3 is 4.52 Å². The fourth-order valence-electron chi connectivity index (χ4n) is 1.27. The van der Waals surface area contributed by atoms with E-state index in [-0.39, 0.29) is 5.92 Å². The second-order valence-corrected chi connectivity index (χ2v) is 3.75. The predicted octanol–water partition coefficient (Wildman–Crippen LogP) is 1.49. The van der Waals surface area contributed by atoms with E-state index in [1.807, 2.05) is 13.8 Å². The second kappa shape index (κ2) is 3.98. The molecule has 0 spiro atoms. The first kappa shape index (κ1) is 10.1. The van der Waals surface area contributed by atoms with Crippen molar-refractivity contribution in [1.29, 1.82) is 0 Å². The van der Waals surface area contributed by atoms with E-state index < -0.39 is 0 Å². The number of hydrogen-bond acceptors (Lipinski definition) is 5. The Labute approximate surface area is 91.3 Å². The molecule has 15 heavy (non-hydrogen) atoms. The standard InChI is InChI=1S/C8H10ClN5O/c1-5(2)7-11-12-8(9)14(7)3-6-10-4-15-13-6/h4-5H,3H2,1-2H3. The van der Waals surface area contributed by atoms with Gasteiger partial charge in [0.1, 0.15) is 5.82 Å². The van der Waals surface area contributed by atoms with Crippen LogP contribution in [0.5, 0.6) is 0 Å². The minimum Gasteiger partial charge on any atom is -0.343 e. The lowest BCUT2D eigenvalue weighted by Crippen LogP contribution is -2.08. The molecule has 2 aromatic heterocycles. The molecule has 2 rings (SSSR count). The fourth-order valence-corrected chi connectivity index (χ4v) is 1.46. The van der Waals surface area contributed by atoms with Crippen LogP contribution in [0.3, 0.4) is 0 Å². The molecule has 2 heterocycles. The van der Waals surface area contributed by atoms with E-state index in [9.17, 15) is 0 Å². The molecule has 0 radical (unpaired) electrons. The van der Waals surface area contributed by atoms with Crippen LogP contribution in [-0.4, -0.2) is 24.9 Å². The molecule has 0 bridgehead atoms. The Hall–Kier alpha value is -1.43. The molecule has 80 valence electrons. The third-order valence-electron chi connectivity index (χ3n) is 1.96. The number of aromatic nitrogens is 5. The minimum atomic E-state index is 0.247. The van der Waals surface area contributed by atoms with Crippen molar-refractivity contribution < 1.29 is 4.52 Å². The van der Waals surface area contributed by atoms with Crippen molar-refractivity contribution in [3.63, 3.8) is 0 Å². The van der Waals surface area contributed by atoms with Crippen LogP contribution in [0.15, 0.2) is 10.9 Å². The van der Waals surface area contributed by atoms with Crippen LogP contribution >= 0.6 is 11.6 Å². The summed E-state index contributed by atoms with van der Waals surface area (Å²) >= 11 is 5.91.